The Kier molecular flexibility index (Phi) is 3.07. The highest BCUT2D eigenvalue weighted by Crippen LogP contribution is 2.58. The minimum Gasteiger partial charge on any atom is -0.118 e. The van der Waals surface area contributed by atoms with Gasteiger partial charge in [-0.2, -0.15) is 0 Å². The highest BCUT2D eigenvalue weighted by Gasteiger charge is 2.47. The van der Waals surface area contributed by atoms with E-state index in [1.165, 1.54) is 50.8 Å². The molecule has 1 atom stereocenters. The average molecular weight is 224 g/mol. The van der Waals surface area contributed by atoms with Crippen molar-refractivity contribution in [1.29, 1.82) is 0 Å². The molecule has 0 aromatic carbocycles. The number of rotatable bonds is 4. The van der Waals surface area contributed by atoms with Gasteiger partial charge in [-0.1, -0.05) is 13.3 Å². The van der Waals surface area contributed by atoms with Gasteiger partial charge in [0.1, 0.15) is 0 Å². The van der Waals surface area contributed by atoms with Crippen LogP contribution in [0.2, 0.25) is 0 Å². The number of unbranched alkanes of at least 4 members (excludes halogenated alkanes) is 1. The summed E-state index contributed by atoms with van der Waals surface area (Å²) in [7, 11) is 1.32. The van der Waals surface area contributed by atoms with E-state index in [2.05, 4.69) is 6.92 Å². The first-order chi connectivity index (χ1) is 7.36. The summed E-state index contributed by atoms with van der Waals surface area (Å²) in [6.07, 6.45) is 12.5. The Bertz CT molecular complexity index is 195. The van der Waals surface area contributed by atoms with Crippen LogP contribution in [0.15, 0.2) is 0 Å². The van der Waals surface area contributed by atoms with Crippen LogP contribution in [0.5, 0.6) is 0 Å². The molecule has 4 fully saturated rings. The minimum atomic E-state index is 1.17. The summed E-state index contributed by atoms with van der Waals surface area (Å²) in [6.45, 7) is 2.33. The quantitative estimate of drug-likeness (QED) is 0.493. The lowest BCUT2D eigenvalue weighted by molar-refractivity contribution is 0.0256. The van der Waals surface area contributed by atoms with Crippen LogP contribution >= 0.6 is 8.58 Å². The predicted molar refractivity (Wildman–Crippen MR) is 68.9 cm³/mol. The lowest BCUT2D eigenvalue weighted by Gasteiger charge is -2.54. The maximum absolute atomic E-state index is 2.33. The topological polar surface area (TPSA) is 0 Å². The lowest BCUT2D eigenvalue weighted by atomic mass is 9.56. The Morgan fingerprint density at radius 1 is 0.933 bits per heavy atom. The molecule has 4 aliphatic rings. The van der Waals surface area contributed by atoms with E-state index in [0.29, 0.717) is 0 Å². The number of hydrogen-bond donors (Lipinski definition) is 0. The van der Waals surface area contributed by atoms with Gasteiger partial charge in [0.2, 0.25) is 0 Å². The van der Waals surface area contributed by atoms with E-state index in [4.69, 9.17) is 0 Å². The zero-order valence-corrected chi connectivity index (χ0v) is 11.0. The van der Waals surface area contributed by atoms with Crippen molar-refractivity contribution in [3.63, 3.8) is 0 Å². The normalized spacial score (nSPS) is 48.2. The van der Waals surface area contributed by atoms with E-state index in [0.717, 1.165) is 0 Å². The van der Waals surface area contributed by atoms with E-state index >= 15 is 0 Å². The Labute approximate surface area is 96.4 Å². The molecule has 4 aliphatic carbocycles. The second-order valence-electron chi connectivity index (χ2n) is 6.26. The van der Waals surface area contributed by atoms with Crippen LogP contribution in [0, 0.1) is 23.7 Å². The van der Waals surface area contributed by atoms with Gasteiger partial charge < -0.3 is 0 Å². The van der Waals surface area contributed by atoms with Crippen LogP contribution in [0.4, 0.5) is 0 Å². The van der Waals surface area contributed by atoms with Gasteiger partial charge in [-0.25, -0.2) is 0 Å². The summed E-state index contributed by atoms with van der Waals surface area (Å²) in [6, 6.07) is 0. The maximum Gasteiger partial charge on any atom is -0.0180 e. The maximum atomic E-state index is 2.33. The van der Waals surface area contributed by atoms with Crippen molar-refractivity contribution in [2.24, 2.45) is 23.7 Å². The van der Waals surface area contributed by atoms with Crippen molar-refractivity contribution in [1.82, 2.24) is 0 Å². The highest BCUT2D eigenvalue weighted by atomic mass is 31.1. The summed E-state index contributed by atoms with van der Waals surface area (Å²) in [5.74, 6) is 4.69. The van der Waals surface area contributed by atoms with Gasteiger partial charge in [0.05, 0.1) is 0 Å². The molecular weight excluding hydrogens is 199 g/mol. The van der Waals surface area contributed by atoms with Crippen molar-refractivity contribution < 1.29 is 0 Å². The standard InChI is InChI=1S/C14H25P/c1-2-3-4-15-14-12-6-10-5-11(8-12)9-13(14)7-10/h10-15H,2-9H2,1H3. The highest BCUT2D eigenvalue weighted by molar-refractivity contribution is 7.38. The van der Waals surface area contributed by atoms with Crippen LogP contribution in [0.25, 0.3) is 0 Å². The van der Waals surface area contributed by atoms with Crippen LogP contribution in [-0.2, 0) is 0 Å². The summed E-state index contributed by atoms with van der Waals surface area (Å²) in [5.41, 5.74) is 1.18. The second kappa shape index (κ2) is 4.36. The Balaban J connectivity index is 1.60. The number of hydrogen-bond acceptors (Lipinski definition) is 0. The molecule has 1 heteroatoms. The molecule has 1 unspecified atom stereocenters. The van der Waals surface area contributed by atoms with Crippen LogP contribution in [0.1, 0.15) is 51.9 Å². The Hall–Kier alpha value is 0.430. The third-order valence-electron chi connectivity index (χ3n) is 5.14. The van der Waals surface area contributed by atoms with Crippen LogP contribution in [-0.4, -0.2) is 11.8 Å². The zero-order chi connectivity index (χ0) is 10.3. The third-order valence-corrected chi connectivity index (χ3v) is 7.19. The molecule has 0 nitrogen and oxygen atoms in total. The lowest BCUT2D eigenvalue weighted by Crippen LogP contribution is -2.46. The van der Waals surface area contributed by atoms with Crippen molar-refractivity contribution >= 4 is 8.58 Å². The molecule has 0 saturated heterocycles. The first-order valence-electron chi connectivity index (χ1n) is 7.10. The van der Waals surface area contributed by atoms with E-state index in [-0.39, 0.29) is 0 Å². The molecule has 0 spiro atoms. The summed E-state index contributed by atoms with van der Waals surface area (Å²) in [4.78, 5) is 0. The van der Waals surface area contributed by atoms with Gasteiger partial charge >= 0.3 is 0 Å². The molecule has 0 amide bonds. The van der Waals surface area contributed by atoms with Gasteiger partial charge in [-0.15, -0.1) is 8.58 Å². The average Bonchev–Trinajstić information content (AvgIpc) is 2.21. The molecule has 4 saturated carbocycles. The minimum absolute atomic E-state index is 1.17. The van der Waals surface area contributed by atoms with Gasteiger partial charge in [0, 0.05) is 0 Å². The summed E-state index contributed by atoms with van der Waals surface area (Å²) in [5, 5.41) is 0. The van der Waals surface area contributed by atoms with Gasteiger partial charge in [-0.05, 0) is 74.0 Å². The molecule has 0 aromatic heterocycles. The smallest absolute Gasteiger partial charge is 0.0180 e. The molecule has 15 heavy (non-hydrogen) atoms. The molecule has 0 radical (unpaired) electrons. The van der Waals surface area contributed by atoms with Gasteiger partial charge in [0.25, 0.3) is 0 Å². The Morgan fingerprint density at radius 3 is 2.07 bits per heavy atom. The van der Waals surface area contributed by atoms with Gasteiger partial charge in [-0.3, -0.25) is 0 Å². The molecule has 0 heterocycles. The predicted octanol–water partition coefficient (Wildman–Crippen LogP) is 4.29. The third kappa shape index (κ3) is 1.99. The van der Waals surface area contributed by atoms with Crippen LogP contribution < -0.4 is 0 Å². The summed E-state index contributed by atoms with van der Waals surface area (Å²) >= 11 is 0. The monoisotopic (exact) mass is 224 g/mol. The molecule has 4 rings (SSSR count). The van der Waals surface area contributed by atoms with Crippen molar-refractivity contribution in [3.8, 4) is 0 Å². The fourth-order valence-electron chi connectivity index (χ4n) is 4.70. The van der Waals surface area contributed by atoms with Crippen molar-refractivity contribution in [2.45, 2.75) is 57.5 Å². The van der Waals surface area contributed by atoms with E-state index < -0.39 is 0 Å². The van der Waals surface area contributed by atoms with E-state index in [9.17, 15) is 0 Å². The SMILES string of the molecule is CCCCPC1C2CC3CC(C2)CC1C3. The van der Waals surface area contributed by atoms with E-state index in [1.807, 2.05) is 0 Å². The van der Waals surface area contributed by atoms with Gasteiger partial charge in [0.15, 0.2) is 0 Å². The molecule has 4 bridgehead atoms. The fraction of sp³-hybridized carbons (Fsp3) is 1.00. The zero-order valence-electron chi connectivity index (χ0n) is 10.0. The largest absolute Gasteiger partial charge is 0.118 e. The second-order valence-corrected chi connectivity index (χ2v) is 7.84. The molecular formula is C14H25P. The summed E-state index contributed by atoms with van der Waals surface area (Å²) < 4.78 is 0. The Morgan fingerprint density at radius 2 is 1.53 bits per heavy atom. The molecule has 0 aliphatic heterocycles. The van der Waals surface area contributed by atoms with Crippen molar-refractivity contribution in [3.05, 3.63) is 0 Å². The molecule has 86 valence electrons. The first kappa shape index (κ1) is 10.6. The van der Waals surface area contributed by atoms with Crippen molar-refractivity contribution in [2.75, 3.05) is 6.16 Å². The first-order valence-corrected chi connectivity index (χ1v) is 8.38. The molecule has 0 N–H and O–H groups in total. The van der Waals surface area contributed by atoms with Crippen LogP contribution in [0.3, 0.4) is 0 Å². The fourth-order valence-corrected chi connectivity index (χ4v) is 6.81. The molecule has 0 aromatic rings. The van der Waals surface area contributed by atoms with E-state index in [1.54, 1.807) is 38.3 Å².